The van der Waals surface area contributed by atoms with Gasteiger partial charge in [0.15, 0.2) is 0 Å². The van der Waals surface area contributed by atoms with Crippen molar-refractivity contribution < 1.29 is 5.11 Å². The van der Waals surface area contributed by atoms with Gasteiger partial charge in [0.05, 0.1) is 12.2 Å². The molecule has 0 atom stereocenters. The van der Waals surface area contributed by atoms with Crippen molar-refractivity contribution >= 4 is 0 Å². The highest BCUT2D eigenvalue weighted by Gasteiger charge is 2.39. The van der Waals surface area contributed by atoms with Crippen LogP contribution in [0.1, 0.15) is 27.9 Å². The second-order valence-electron chi connectivity index (χ2n) is 6.51. The summed E-state index contributed by atoms with van der Waals surface area (Å²) in [6.07, 6.45) is 1.72. The van der Waals surface area contributed by atoms with Gasteiger partial charge in [0.1, 0.15) is 17.3 Å². The third kappa shape index (κ3) is 2.79. The number of aliphatic hydroxyl groups is 1. The Labute approximate surface area is 163 Å². The van der Waals surface area contributed by atoms with Gasteiger partial charge in [-0.3, -0.25) is 4.68 Å². The van der Waals surface area contributed by atoms with Crippen LogP contribution in [0.5, 0.6) is 0 Å². The zero-order valence-electron chi connectivity index (χ0n) is 15.2. The van der Waals surface area contributed by atoms with Crippen molar-refractivity contribution in [3.05, 3.63) is 125 Å². The Morgan fingerprint density at radius 2 is 1.21 bits per heavy atom. The van der Waals surface area contributed by atoms with E-state index in [-0.39, 0.29) is 6.61 Å². The Kier molecular flexibility index (Phi) is 4.76. The Hall–Kier alpha value is -3.68. The predicted octanol–water partition coefficient (Wildman–Crippen LogP) is 4.09. The molecule has 4 rings (SSSR count). The molecule has 28 heavy (non-hydrogen) atoms. The minimum atomic E-state index is -0.775. The van der Waals surface area contributed by atoms with E-state index in [0.717, 1.165) is 16.7 Å². The van der Waals surface area contributed by atoms with Gasteiger partial charge < -0.3 is 5.11 Å². The van der Waals surface area contributed by atoms with E-state index in [4.69, 9.17) is 0 Å². The summed E-state index contributed by atoms with van der Waals surface area (Å²) in [5.41, 5.74) is 3.02. The summed E-state index contributed by atoms with van der Waals surface area (Å²) >= 11 is 0. The average molecular weight is 365 g/mol. The van der Waals surface area contributed by atoms with Crippen LogP contribution in [0.4, 0.5) is 0 Å². The van der Waals surface area contributed by atoms with Crippen LogP contribution < -0.4 is 0 Å². The summed E-state index contributed by atoms with van der Waals surface area (Å²) < 4.78 is 1.80. The molecule has 0 spiro atoms. The van der Waals surface area contributed by atoms with Crippen LogP contribution in [0.25, 0.3) is 0 Å². The number of nitriles is 1. The Balaban J connectivity index is 2.14. The molecule has 4 nitrogen and oxygen atoms in total. The molecular weight excluding hydrogens is 346 g/mol. The molecule has 0 radical (unpaired) electrons. The third-order valence-corrected chi connectivity index (χ3v) is 4.98. The predicted molar refractivity (Wildman–Crippen MR) is 107 cm³/mol. The standard InChI is InChI=1S/C24H19N3O/c25-16-19-17-27(26-23(19)18-28)24(20-10-4-1-5-11-20,21-12-6-2-7-13-21)22-14-8-3-9-15-22/h1-15,17,28H,18H2. The summed E-state index contributed by atoms with van der Waals surface area (Å²) in [6.45, 7) is -0.287. The van der Waals surface area contributed by atoms with Crippen molar-refractivity contribution in [2.45, 2.75) is 12.1 Å². The maximum Gasteiger partial charge on any atom is 0.138 e. The third-order valence-electron chi connectivity index (χ3n) is 4.98. The zero-order chi connectivity index (χ0) is 19.4. The van der Waals surface area contributed by atoms with Gasteiger partial charge in [0.2, 0.25) is 0 Å². The van der Waals surface area contributed by atoms with Crippen molar-refractivity contribution in [2.75, 3.05) is 0 Å². The van der Waals surface area contributed by atoms with Gasteiger partial charge in [-0.1, -0.05) is 91.0 Å². The van der Waals surface area contributed by atoms with Crippen molar-refractivity contribution in [3.8, 4) is 6.07 Å². The molecule has 4 heteroatoms. The van der Waals surface area contributed by atoms with Crippen LogP contribution in [0.2, 0.25) is 0 Å². The summed E-state index contributed by atoms with van der Waals surface area (Å²) in [7, 11) is 0. The number of benzene rings is 3. The van der Waals surface area contributed by atoms with E-state index in [1.54, 1.807) is 10.9 Å². The van der Waals surface area contributed by atoms with Crippen LogP contribution in [-0.2, 0) is 12.1 Å². The number of aromatic nitrogens is 2. The molecule has 0 aliphatic rings. The highest BCUT2D eigenvalue weighted by atomic mass is 16.3. The summed E-state index contributed by atoms with van der Waals surface area (Å²) in [4.78, 5) is 0. The molecule has 0 bridgehead atoms. The fraction of sp³-hybridized carbons (Fsp3) is 0.0833. The van der Waals surface area contributed by atoms with Gasteiger partial charge in [-0.05, 0) is 16.7 Å². The highest BCUT2D eigenvalue weighted by Crippen LogP contribution is 2.40. The van der Waals surface area contributed by atoms with Crippen LogP contribution >= 0.6 is 0 Å². The first-order chi connectivity index (χ1) is 13.8. The first-order valence-corrected chi connectivity index (χ1v) is 9.07. The number of hydrogen-bond acceptors (Lipinski definition) is 3. The van der Waals surface area contributed by atoms with E-state index in [1.165, 1.54) is 0 Å². The Bertz CT molecular complexity index is 1000. The number of aliphatic hydroxyl groups excluding tert-OH is 1. The van der Waals surface area contributed by atoms with Crippen molar-refractivity contribution in [1.29, 1.82) is 5.26 Å². The fourth-order valence-electron chi connectivity index (χ4n) is 3.73. The molecule has 0 aliphatic carbocycles. The second-order valence-corrected chi connectivity index (χ2v) is 6.51. The lowest BCUT2D eigenvalue weighted by Crippen LogP contribution is -2.38. The Morgan fingerprint density at radius 1 is 0.786 bits per heavy atom. The topological polar surface area (TPSA) is 61.8 Å². The molecular formula is C24H19N3O. The largest absolute Gasteiger partial charge is 0.390 e. The van der Waals surface area contributed by atoms with Crippen LogP contribution in [-0.4, -0.2) is 14.9 Å². The lowest BCUT2D eigenvalue weighted by Gasteiger charge is -2.36. The molecule has 4 aromatic rings. The molecule has 0 fully saturated rings. The smallest absolute Gasteiger partial charge is 0.138 e. The van der Waals surface area contributed by atoms with E-state index < -0.39 is 5.54 Å². The van der Waals surface area contributed by atoms with Crippen LogP contribution in [0.3, 0.4) is 0 Å². The lowest BCUT2D eigenvalue weighted by atomic mass is 9.77. The highest BCUT2D eigenvalue weighted by molar-refractivity contribution is 5.51. The molecule has 3 aromatic carbocycles. The van der Waals surface area contributed by atoms with Crippen LogP contribution in [0.15, 0.2) is 97.2 Å². The average Bonchev–Trinajstić information content (AvgIpc) is 3.20. The van der Waals surface area contributed by atoms with E-state index in [0.29, 0.717) is 11.3 Å². The molecule has 0 aliphatic heterocycles. The molecule has 0 saturated heterocycles. The van der Waals surface area contributed by atoms with Gasteiger partial charge in [-0.25, -0.2) is 0 Å². The maximum absolute atomic E-state index is 9.71. The monoisotopic (exact) mass is 365 g/mol. The van der Waals surface area contributed by atoms with Gasteiger partial charge in [-0.2, -0.15) is 10.4 Å². The fourth-order valence-corrected chi connectivity index (χ4v) is 3.73. The summed E-state index contributed by atoms with van der Waals surface area (Å²) in [5.74, 6) is 0. The SMILES string of the molecule is N#Cc1cn(C(c2ccccc2)(c2ccccc2)c2ccccc2)nc1CO. The summed E-state index contributed by atoms with van der Waals surface area (Å²) in [5, 5.41) is 23.9. The lowest BCUT2D eigenvalue weighted by molar-refractivity contribution is 0.273. The van der Waals surface area contributed by atoms with E-state index >= 15 is 0 Å². The first-order valence-electron chi connectivity index (χ1n) is 9.07. The number of rotatable bonds is 5. The van der Waals surface area contributed by atoms with Crippen molar-refractivity contribution in [1.82, 2.24) is 9.78 Å². The van der Waals surface area contributed by atoms with E-state index in [9.17, 15) is 10.4 Å². The van der Waals surface area contributed by atoms with Crippen molar-refractivity contribution in [2.24, 2.45) is 0 Å². The Morgan fingerprint density at radius 3 is 1.54 bits per heavy atom. The van der Waals surface area contributed by atoms with E-state index in [2.05, 4.69) is 47.6 Å². The van der Waals surface area contributed by atoms with Gasteiger partial charge in [0, 0.05) is 6.20 Å². The molecule has 0 unspecified atom stereocenters. The van der Waals surface area contributed by atoms with Gasteiger partial charge in [-0.15, -0.1) is 0 Å². The maximum atomic E-state index is 9.71. The molecule has 0 amide bonds. The molecule has 1 aromatic heterocycles. The number of nitrogens with zero attached hydrogens (tertiary/aromatic N) is 3. The second kappa shape index (κ2) is 7.51. The van der Waals surface area contributed by atoms with Gasteiger partial charge in [0.25, 0.3) is 0 Å². The zero-order valence-corrected chi connectivity index (χ0v) is 15.2. The molecule has 1 heterocycles. The van der Waals surface area contributed by atoms with Crippen LogP contribution in [0, 0.1) is 11.3 Å². The first kappa shape index (κ1) is 17.7. The molecule has 0 saturated carbocycles. The molecule has 1 N–H and O–H groups in total. The minimum Gasteiger partial charge on any atom is -0.390 e. The number of hydrogen-bond donors (Lipinski definition) is 1. The summed E-state index contributed by atoms with van der Waals surface area (Å²) in [6, 6.07) is 32.4. The van der Waals surface area contributed by atoms with E-state index in [1.807, 2.05) is 54.6 Å². The normalized spacial score (nSPS) is 11.1. The quantitative estimate of drug-likeness (QED) is 0.542. The molecule has 136 valence electrons. The minimum absolute atomic E-state index is 0.287. The van der Waals surface area contributed by atoms with Crippen molar-refractivity contribution in [3.63, 3.8) is 0 Å². The van der Waals surface area contributed by atoms with Gasteiger partial charge >= 0.3 is 0 Å².